The molecule has 10 N–H and O–H groups in total. The summed E-state index contributed by atoms with van der Waals surface area (Å²) in [6, 6.07) is 0. The molecular formula is H10Fe2N2O8S2. The van der Waals surface area contributed by atoms with Crippen LogP contribution in [0.1, 0.15) is 0 Å². The third-order valence-corrected chi connectivity index (χ3v) is 0. The molecule has 0 saturated carbocycles. The second-order valence-electron chi connectivity index (χ2n) is 0.896. The molecule has 96 valence electrons. The maximum absolute atomic E-state index is 8.74. The van der Waals surface area contributed by atoms with E-state index in [0.29, 0.717) is 0 Å². The van der Waals surface area contributed by atoms with Gasteiger partial charge < -0.3 is 12.3 Å². The first-order chi connectivity index (χ1) is 4.00. The molecule has 14 heteroatoms. The fourth-order valence-corrected chi connectivity index (χ4v) is 0. The molecule has 0 aromatic carbocycles. The van der Waals surface area contributed by atoms with Crippen molar-refractivity contribution >= 4 is 20.8 Å². The maximum atomic E-state index is 8.74. The number of hydrogen-bond donors (Lipinski definition) is 6. The van der Waals surface area contributed by atoms with Crippen molar-refractivity contribution in [1.82, 2.24) is 12.3 Å². The molecule has 0 atom stereocenters. The van der Waals surface area contributed by atoms with Crippen LogP contribution in [-0.4, -0.2) is 35.0 Å². The van der Waals surface area contributed by atoms with Crippen molar-refractivity contribution in [3.05, 3.63) is 0 Å². The summed E-state index contributed by atoms with van der Waals surface area (Å²) >= 11 is 0. The molecule has 14 heavy (non-hydrogen) atoms. The van der Waals surface area contributed by atoms with Crippen molar-refractivity contribution < 1.29 is 69.2 Å². The number of hydrogen-bond acceptors (Lipinski definition) is 6. The van der Waals surface area contributed by atoms with Crippen LogP contribution in [0.3, 0.4) is 0 Å². The summed E-state index contributed by atoms with van der Waals surface area (Å²) in [5, 5.41) is 0. The van der Waals surface area contributed by atoms with Crippen molar-refractivity contribution in [3.63, 3.8) is 0 Å². The van der Waals surface area contributed by atoms with Gasteiger partial charge in [0.1, 0.15) is 0 Å². The Bertz CT molecular complexity index is 220. The molecule has 0 aliphatic carbocycles. The Hall–Kier alpha value is 0.699. The van der Waals surface area contributed by atoms with Crippen LogP contribution >= 0.6 is 0 Å². The van der Waals surface area contributed by atoms with Gasteiger partial charge in [-0.25, -0.2) is 0 Å². The zero-order valence-electron chi connectivity index (χ0n) is 6.36. The minimum absolute atomic E-state index is 0. The van der Waals surface area contributed by atoms with Gasteiger partial charge in [-0.05, 0) is 0 Å². The van der Waals surface area contributed by atoms with Gasteiger partial charge in [0.25, 0.3) is 0 Å². The minimum atomic E-state index is -4.67. The van der Waals surface area contributed by atoms with Crippen molar-refractivity contribution in [1.29, 1.82) is 0 Å². The molecule has 0 aromatic rings. The molecule has 0 heterocycles. The molecule has 0 unspecified atom stereocenters. The van der Waals surface area contributed by atoms with Gasteiger partial charge in [0.05, 0.1) is 0 Å². The van der Waals surface area contributed by atoms with Crippen LogP contribution in [-0.2, 0) is 54.9 Å². The van der Waals surface area contributed by atoms with Crippen LogP contribution in [0.5, 0.6) is 0 Å². The molecule has 0 fully saturated rings. The number of rotatable bonds is 0. The second-order valence-corrected chi connectivity index (χ2v) is 2.69. The van der Waals surface area contributed by atoms with Crippen molar-refractivity contribution in [2.45, 2.75) is 0 Å². The summed E-state index contributed by atoms with van der Waals surface area (Å²) in [6.07, 6.45) is 0. The summed E-state index contributed by atoms with van der Waals surface area (Å²) in [7, 11) is -9.33. The molecule has 0 radical (unpaired) electrons. The normalized spacial score (nSPS) is 8.29. The molecule has 10 nitrogen and oxygen atoms in total. The molecule has 0 amide bonds. The average molecular weight is 342 g/mol. The van der Waals surface area contributed by atoms with E-state index in [-0.39, 0.29) is 46.4 Å². The maximum Gasteiger partial charge on any atom is 0.394 e. The van der Waals surface area contributed by atoms with Crippen LogP contribution in [0.4, 0.5) is 0 Å². The summed E-state index contributed by atoms with van der Waals surface area (Å²) in [4.78, 5) is 0. The van der Waals surface area contributed by atoms with Crippen LogP contribution in [0.25, 0.3) is 0 Å². The van der Waals surface area contributed by atoms with Gasteiger partial charge in [-0.1, -0.05) is 0 Å². The van der Waals surface area contributed by atoms with Crippen LogP contribution in [0.2, 0.25) is 0 Å². The van der Waals surface area contributed by atoms with Crippen molar-refractivity contribution in [2.75, 3.05) is 0 Å². The van der Waals surface area contributed by atoms with Gasteiger partial charge >= 0.3 is 20.8 Å². The molecule has 0 bridgehead atoms. The zero-order valence-corrected chi connectivity index (χ0v) is 10.2. The van der Waals surface area contributed by atoms with E-state index in [2.05, 4.69) is 0 Å². The summed E-state index contributed by atoms with van der Waals surface area (Å²) in [6.45, 7) is 0. The molecule has 0 rings (SSSR count). The Balaban J connectivity index is -0.0000000178. The fourth-order valence-electron chi connectivity index (χ4n) is 0. The first kappa shape index (κ1) is 36.5. The standard InChI is InChI=1S/2Fe.2H3N.2H2O4S/c;;;;2*1-5(2,3)4/h;;2*1H3;2*(H2,1,2,3,4). The molecule has 0 aromatic heterocycles. The Morgan fingerprint density at radius 1 is 0.571 bits per heavy atom. The molecule has 0 aliphatic rings. The predicted octanol–water partition coefficient (Wildman–Crippen LogP) is -0.987. The topological polar surface area (TPSA) is 219 Å². The van der Waals surface area contributed by atoms with E-state index < -0.39 is 20.8 Å². The van der Waals surface area contributed by atoms with E-state index in [1.165, 1.54) is 0 Å². The average Bonchev–Trinajstić information content (AvgIpc) is 1.12. The second kappa shape index (κ2) is 13.7. The van der Waals surface area contributed by atoms with Crippen LogP contribution < -0.4 is 12.3 Å². The molecule has 0 aliphatic heterocycles. The van der Waals surface area contributed by atoms with E-state index in [1.807, 2.05) is 0 Å². The van der Waals surface area contributed by atoms with Gasteiger partial charge in [-0.15, -0.1) is 0 Å². The van der Waals surface area contributed by atoms with E-state index >= 15 is 0 Å². The van der Waals surface area contributed by atoms with E-state index in [1.54, 1.807) is 0 Å². The summed E-state index contributed by atoms with van der Waals surface area (Å²) in [5.74, 6) is 0. The van der Waals surface area contributed by atoms with Gasteiger partial charge in [-0.2, -0.15) is 16.8 Å². The summed E-state index contributed by atoms with van der Waals surface area (Å²) in [5.41, 5.74) is 0. The van der Waals surface area contributed by atoms with Crippen molar-refractivity contribution in [2.24, 2.45) is 0 Å². The summed E-state index contributed by atoms with van der Waals surface area (Å²) < 4.78 is 63.2. The Morgan fingerprint density at radius 2 is 0.571 bits per heavy atom. The zero-order chi connectivity index (χ0) is 9.00. The van der Waals surface area contributed by atoms with E-state index in [0.717, 1.165) is 0 Å². The quantitative estimate of drug-likeness (QED) is 0.233. The Morgan fingerprint density at radius 3 is 0.571 bits per heavy atom. The van der Waals surface area contributed by atoms with E-state index in [4.69, 9.17) is 35.0 Å². The molecule has 0 saturated heterocycles. The fraction of sp³-hybridized carbons (Fsp3) is 0. The molecule has 0 spiro atoms. The Labute approximate surface area is 102 Å². The first-order valence-electron chi connectivity index (χ1n) is 1.40. The minimum Gasteiger partial charge on any atom is -0.344 e. The monoisotopic (exact) mass is 342 g/mol. The smallest absolute Gasteiger partial charge is 0.344 e. The molecular weight excluding hydrogens is 332 g/mol. The van der Waals surface area contributed by atoms with Crippen LogP contribution in [0, 0.1) is 0 Å². The first-order valence-corrected chi connectivity index (χ1v) is 4.19. The Kier molecular flexibility index (Phi) is 35.7. The van der Waals surface area contributed by atoms with Crippen molar-refractivity contribution in [3.8, 4) is 0 Å². The largest absolute Gasteiger partial charge is 0.394 e. The van der Waals surface area contributed by atoms with Gasteiger partial charge in [0.15, 0.2) is 0 Å². The van der Waals surface area contributed by atoms with Gasteiger partial charge in [0, 0.05) is 34.1 Å². The third kappa shape index (κ3) is 3560. The van der Waals surface area contributed by atoms with Crippen LogP contribution in [0.15, 0.2) is 0 Å². The van der Waals surface area contributed by atoms with Gasteiger partial charge in [0.2, 0.25) is 0 Å². The SMILES string of the molecule is N.N.O=S(=O)(O)O.O=S(=O)(O)O.[Fe].[Fe]. The predicted molar refractivity (Wildman–Crippen MR) is 38.4 cm³/mol. The van der Waals surface area contributed by atoms with E-state index in [9.17, 15) is 0 Å². The van der Waals surface area contributed by atoms with Gasteiger partial charge in [-0.3, -0.25) is 18.2 Å². The third-order valence-electron chi connectivity index (χ3n) is 0.